The van der Waals surface area contributed by atoms with Gasteiger partial charge in [0.15, 0.2) is 0 Å². The highest BCUT2D eigenvalue weighted by molar-refractivity contribution is 6.14. The van der Waals surface area contributed by atoms with Gasteiger partial charge in [0.2, 0.25) is 0 Å². The van der Waals surface area contributed by atoms with E-state index < -0.39 is 0 Å². The second-order valence-electron chi connectivity index (χ2n) is 16.1. The Hall–Kier alpha value is -8.20. The molecule has 0 atom stereocenters. The normalized spacial score (nSPS) is 11.5. The molecule has 0 radical (unpaired) electrons. The third-order valence-electron chi connectivity index (χ3n) is 12.5. The minimum atomic E-state index is 1.16. The van der Waals surface area contributed by atoms with Crippen molar-refractivity contribution in [3.8, 4) is 67.0 Å². The zero-order valence-electron chi connectivity index (χ0n) is 34.0. The Kier molecular flexibility index (Phi) is 8.53. The molecule has 0 bridgehead atoms. The molecule has 0 fully saturated rings. The lowest BCUT2D eigenvalue weighted by molar-refractivity contribution is 1.18. The van der Waals surface area contributed by atoms with Gasteiger partial charge in [0, 0.05) is 32.7 Å². The van der Waals surface area contributed by atoms with Crippen molar-refractivity contribution < 1.29 is 0 Å². The Morgan fingerprint density at radius 2 is 0.548 bits per heavy atom. The van der Waals surface area contributed by atoms with Crippen LogP contribution >= 0.6 is 0 Å². The summed E-state index contributed by atoms with van der Waals surface area (Å²) in [5.41, 5.74) is 19.1. The summed E-state index contributed by atoms with van der Waals surface area (Å²) in [7, 11) is 0. The summed E-state index contributed by atoms with van der Waals surface area (Å²) in [5.74, 6) is 0. The van der Waals surface area contributed by atoms with E-state index in [9.17, 15) is 0 Å². The van der Waals surface area contributed by atoms with Gasteiger partial charge in [-0.1, -0.05) is 182 Å². The quantitative estimate of drug-likeness (QED) is 0.152. The van der Waals surface area contributed by atoms with Gasteiger partial charge in [0.05, 0.1) is 33.4 Å². The highest BCUT2D eigenvalue weighted by Crippen LogP contribution is 2.42. The Morgan fingerprint density at radius 3 is 1.10 bits per heavy atom. The van der Waals surface area contributed by atoms with E-state index in [4.69, 9.17) is 0 Å². The van der Waals surface area contributed by atoms with Gasteiger partial charge >= 0.3 is 0 Å². The van der Waals surface area contributed by atoms with Crippen LogP contribution in [-0.4, -0.2) is 9.13 Å². The first-order valence-electron chi connectivity index (χ1n) is 21.3. The molecule has 0 saturated carbocycles. The van der Waals surface area contributed by atoms with Gasteiger partial charge in [0.1, 0.15) is 0 Å². The highest BCUT2D eigenvalue weighted by Gasteiger charge is 2.20. The monoisotopic (exact) mass is 788 g/mol. The van der Waals surface area contributed by atoms with Crippen LogP contribution in [0.1, 0.15) is 0 Å². The molecule has 2 heteroatoms. The van der Waals surface area contributed by atoms with Crippen molar-refractivity contribution >= 4 is 43.6 Å². The SMILES string of the molecule is c1ccc(-c2ccc(-n3c4ccccc4c4cc(-c5ccc6c(c5)c5cc(-c7ccccc7)ccc5n6-c5ccccc5-c5ccccc5)ccc43)c(-c3ccccc3)c2)cc1. The van der Waals surface area contributed by atoms with Crippen LogP contribution < -0.4 is 0 Å². The number of benzene rings is 10. The van der Waals surface area contributed by atoms with Gasteiger partial charge in [0.25, 0.3) is 0 Å². The molecule has 0 unspecified atom stereocenters. The van der Waals surface area contributed by atoms with Gasteiger partial charge in [-0.05, 0) is 105 Å². The van der Waals surface area contributed by atoms with Crippen LogP contribution in [0, 0.1) is 0 Å². The van der Waals surface area contributed by atoms with Crippen molar-refractivity contribution in [3.05, 3.63) is 243 Å². The lowest BCUT2D eigenvalue weighted by atomic mass is 9.97. The zero-order valence-corrected chi connectivity index (χ0v) is 34.0. The molecule has 0 aliphatic rings. The molecular weight excluding hydrogens is 749 g/mol. The maximum atomic E-state index is 2.46. The summed E-state index contributed by atoms with van der Waals surface area (Å²) in [6.45, 7) is 0. The summed E-state index contributed by atoms with van der Waals surface area (Å²) < 4.78 is 4.91. The molecule has 0 amide bonds. The smallest absolute Gasteiger partial charge is 0.0541 e. The maximum Gasteiger partial charge on any atom is 0.0541 e. The number of para-hydroxylation sites is 2. The average Bonchev–Trinajstić information content (AvgIpc) is 3.86. The summed E-state index contributed by atoms with van der Waals surface area (Å²) in [5, 5.41) is 4.93. The highest BCUT2D eigenvalue weighted by atomic mass is 15.0. The van der Waals surface area contributed by atoms with Gasteiger partial charge < -0.3 is 9.13 Å². The Balaban J connectivity index is 1.06. The minimum absolute atomic E-state index is 1.16. The molecule has 62 heavy (non-hydrogen) atoms. The van der Waals surface area contributed by atoms with Crippen LogP contribution in [0.3, 0.4) is 0 Å². The van der Waals surface area contributed by atoms with E-state index in [1.807, 2.05) is 0 Å². The second kappa shape index (κ2) is 14.8. The van der Waals surface area contributed by atoms with Crippen LogP contribution in [0.25, 0.3) is 111 Å². The molecule has 12 rings (SSSR count). The predicted octanol–water partition coefficient (Wildman–Crippen LogP) is 16.2. The van der Waals surface area contributed by atoms with Crippen LogP contribution in [0.15, 0.2) is 243 Å². The Bertz CT molecular complexity index is 3600. The van der Waals surface area contributed by atoms with E-state index in [0.29, 0.717) is 0 Å². The molecule has 10 aromatic carbocycles. The van der Waals surface area contributed by atoms with Crippen molar-refractivity contribution in [2.24, 2.45) is 0 Å². The van der Waals surface area contributed by atoms with Gasteiger partial charge in [-0.3, -0.25) is 0 Å². The van der Waals surface area contributed by atoms with E-state index in [0.717, 1.165) is 5.69 Å². The third kappa shape index (κ3) is 5.96. The summed E-state index contributed by atoms with van der Waals surface area (Å²) >= 11 is 0. The van der Waals surface area contributed by atoms with E-state index in [-0.39, 0.29) is 0 Å². The maximum absolute atomic E-state index is 2.46. The number of aromatic nitrogens is 2. The molecule has 0 spiro atoms. The van der Waals surface area contributed by atoms with E-state index in [1.54, 1.807) is 0 Å². The van der Waals surface area contributed by atoms with Crippen molar-refractivity contribution in [1.82, 2.24) is 9.13 Å². The lowest BCUT2D eigenvalue weighted by Gasteiger charge is -2.16. The fourth-order valence-electron chi connectivity index (χ4n) is 9.61. The summed E-state index contributed by atoms with van der Waals surface area (Å²) in [6, 6.07) is 88.4. The number of hydrogen-bond donors (Lipinski definition) is 0. The molecule has 2 aromatic heterocycles. The molecule has 0 aliphatic heterocycles. The first-order valence-corrected chi connectivity index (χ1v) is 21.3. The molecular formula is C60H40N2. The standard InChI is InChI=1S/C60H40N2/c1-5-17-41(18-6-1)45-29-33-57(51(37-45)44-23-11-4-12-24-44)62-56-28-16-14-26-50(56)52-39-47(31-35-58(52)62)48-32-36-60-54(40-48)53-38-46(42-19-7-2-8-20-42)30-34-59(53)61(60)55-27-15-13-25-49(55)43-21-9-3-10-22-43/h1-40H. The van der Waals surface area contributed by atoms with Gasteiger partial charge in [-0.25, -0.2) is 0 Å². The van der Waals surface area contributed by atoms with Crippen LogP contribution in [0.4, 0.5) is 0 Å². The summed E-state index contributed by atoms with van der Waals surface area (Å²) in [4.78, 5) is 0. The van der Waals surface area contributed by atoms with Crippen LogP contribution in [0.5, 0.6) is 0 Å². The molecule has 0 N–H and O–H groups in total. The van der Waals surface area contributed by atoms with Crippen LogP contribution in [-0.2, 0) is 0 Å². The Morgan fingerprint density at radius 1 is 0.194 bits per heavy atom. The molecule has 0 saturated heterocycles. The zero-order chi connectivity index (χ0) is 41.0. The molecule has 0 aliphatic carbocycles. The molecule has 2 nitrogen and oxygen atoms in total. The van der Waals surface area contributed by atoms with E-state index in [2.05, 4.69) is 252 Å². The number of rotatable bonds is 7. The van der Waals surface area contributed by atoms with Crippen LogP contribution in [0.2, 0.25) is 0 Å². The first-order chi connectivity index (χ1) is 30.8. The van der Waals surface area contributed by atoms with Gasteiger partial charge in [-0.15, -0.1) is 0 Å². The van der Waals surface area contributed by atoms with E-state index >= 15 is 0 Å². The third-order valence-corrected chi connectivity index (χ3v) is 12.5. The van der Waals surface area contributed by atoms with Crippen molar-refractivity contribution in [1.29, 1.82) is 0 Å². The van der Waals surface area contributed by atoms with Crippen molar-refractivity contribution in [2.75, 3.05) is 0 Å². The average molecular weight is 789 g/mol. The first kappa shape index (κ1) is 35.7. The lowest BCUT2D eigenvalue weighted by Crippen LogP contribution is -1.98. The topological polar surface area (TPSA) is 9.86 Å². The fourth-order valence-corrected chi connectivity index (χ4v) is 9.61. The molecule has 12 aromatic rings. The number of nitrogens with zero attached hydrogens (tertiary/aromatic N) is 2. The summed E-state index contributed by atoms with van der Waals surface area (Å²) in [6.07, 6.45) is 0. The number of hydrogen-bond acceptors (Lipinski definition) is 0. The largest absolute Gasteiger partial charge is 0.309 e. The van der Waals surface area contributed by atoms with Gasteiger partial charge in [-0.2, -0.15) is 0 Å². The molecule has 290 valence electrons. The Labute approximate surface area is 360 Å². The number of fused-ring (bicyclic) bond motifs is 6. The van der Waals surface area contributed by atoms with Crippen molar-refractivity contribution in [2.45, 2.75) is 0 Å². The fraction of sp³-hybridized carbons (Fsp3) is 0. The van der Waals surface area contributed by atoms with E-state index in [1.165, 1.54) is 105 Å². The predicted molar refractivity (Wildman–Crippen MR) is 262 cm³/mol. The second-order valence-corrected chi connectivity index (χ2v) is 16.1. The molecule has 2 heterocycles. The minimum Gasteiger partial charge on any atom is -0.309 e. The van der Waals surface area contributed by atoms with Crippen molar-refractivity contribution in [3.63, 3.8) is 0 Å².